The Bertz CT molecular complexity index is 495. The number of hydrogen-bond donors (Lipinski definition) is 1. The molecule has 1 aromatic carbocycles. The normalized spacial score (nSPS) is 10.3. The third kappa shape index (κ3) is 3.97. The van der Waals surface area contributed by atoms with Gasteiger partial charge in [-0.25, -0.2) is 0 Å². The number of ether oxygens (including phenoxy) is 1. The van der Waals surface area contributed by atoms with Gasteiger partial charge in [0, 0.05) is 31.8 Å². The second-order valence-electron chi connectivity index (χ2n) is 3.93. The van der Waals surface area contributed by atoms with Crippen LogP contribution in [0, 0.1) is 15.9 Å². The molecule has 1 aromatic rings. The van der Waals surface area contributed by atoms with Crippen molar-refractivity contribution in [1.82, 2.24) is 4.90 Å². The van der Waals surface area contributed by atoms with Crippen LogP contribution in [0.2, 0.25) is 0 Å². The fourth-order valence-corrected chi connectivity index (χ4v) is 1.61. The lowest BCUT2D eigenvalue weighted by molar-refractivity contribution is -0.387. The van der Waals surface area contributed by atoms with Gasteiger partial charge in [-0.3, -0.25) is 14.9 Å². The SMILES string of the molecule is COCCN(CCO)C(=O)c1ccc(F)c([N+](=O)[O-])c1. The van der Waals surface area contributed by atoms with Crippen LogP contribution < -0.4 is 0 Å². The van der Waals surface area contributed by atoms with Crippen molar-refractivity contribution in [1.29, 1.82) is 0 Å². The molecule has 0 saturated heterocycles. The smallest absolute Gasteiger partial charge is 0.305 e. The van der Waals surface area contributed by atoms with Crippen molar-refractivity contribution in [3.05, 3.63) is 39.7 Å². The molecule has 0 unspecified atom stereocenters. The number of benzene rings is 1. The van der Waals surface area contributed by atoms with Crippen LogP contribution in [0.5, 0.6) is 0 Å². The molecule has 0 atom stereocenters. The Morgan fingerprint density at radius 2 is 2.20 bits per heavy atom. The Balaban J connectivity index is 2.99. The Labute approximate surface area is 114 Å². The van der Waals surface area contributed by atoms with E-state index in [9.17, 15) is 19.3 Å². The second kappa shape index (κ2) is 7.51. The summed E-state index contributed by atoms with van der Waals surface area (Å²) in [5, 5.41) is 19.6. The number of halogens is 1. The van der Waals surface area contributed by atoms with Gasteiger partial charge in [0.05, 0.1) is 18.1 Å². The molecule has 20 heavy (non-hydrogen) atoms. The summed E-state index contributed by atoms with van der Waals surface area (Å²) in [5.74, 6) is -1.53. The van der Waals surface area contributed by atoms with Crippen molar-refractivity contribution in [3.63, 3.8) is 0 Å². The van der Waals surface area contributed by atoms with E-state index in [-0.39, 0.29) is 31.9 Å². The third-order valence-corrected chi connectivity index (χ3v) is 2.61. The first-order valence-electron chi connectivity index (χ1n) is 5.84. The van der Waals surface area contributed by atoms with Crippen molar-refractivity contribution < 1.29 is 24.0 Å². The maximum Gasteiger partial charge on any atom is 0.305 e. The number of carbonyl (C=O) groups is 1. The van der Waals surface area contributed by atoms with E-state index < -0.39 is 22.3 Å². The lowest BCUT2D eigenvalue weighted by Crippen LogP contribution is -2.36. The molecule has 8 heteroatoms. The number of amides is 1. The van der Waals surface area contributed by atoms with Gasteiger partial charge in [0.2, 0.25) is 5.82 Å². The minimum atomic E-state index is -1.00. The summed E-state index contributed by atoms with van der Waals surface area (Å²) in [7, 11) is 1.46. The minimum absolute atomic E-state index is 0.0114. The number of nitrogens with zero attached hydrogens (tertiary/aromatic N) is 2. The molecule has 0 heterocycles. The molecule has 0 aliphatic heterocycles. The minimum Gasteiger partial charge on any atom is -0.395 e. The maximum atomic E-state index is 13.2. The predicted molar refractivity (Wildman–Crippen MR) is 67.9 cm³/mol. The zero-order valence-corrected chi connectivity index (χ0v) is 10.9. The highest BCUT2D eigenvalue weighted by Crippen LogP contribution is 2.19. The van der Waals surface area contributed by atoms with Crippen LogP contribution in [0.25, 0.3) is 0 Å². The van der Waals surface area contributed by atoms with E-state index in [0.29, 0.717) is 0 Å². The molecule has 110 valence electrons. The molecule has 0 bridgehead atoms. The standard InChI is InChI=1S/C12H15FN2O5/c1-20-7-5-14(4-6-16)12(17)9-2-3-10(13)11(8-9)15(18)19/h2-3,8,16H,4-7H2,1H3. The quantitative estimate of drug-likeness (QED) is 0.591. The fraction of sp³-hybridized carbons (Fsp3) is 0.417. The van der Waals surface area contributed by atoms with Crippen LogP contribution in [-0.2, 0) is 4.74 Å². The number of nitro groups is 1. The maximum absolute atomic E-state index is 13.2. The zero-order valence-electron chi connectivity index (χ0n) is 10.9. The zero-order chi connectivity index (χ0) is 15.1. The molecule has 0 spiro atoms. The molecule has 0 saturated carbocycles. The fourth-order valence-electron chi connectivity index (χ4n) is 1.61. The van der Waals surface area contributed by atoms with E-state index >= 15 is 0 Å². The average molecular weight is 286 g/mol. The van der Waals surface area contributed by atoms with Crippen LogP contribution in [-0.4, -0.2) is 54.3 Å². The van der Waals surface area contributed by atoms with Crippen LogP contribution in [0.3, 0.4) is 0 Å². The lowest BCUT2D eigenvalue weighted by atomic mass is 10.1. The molecule has 1 N–H and O–H groups in total. The topological polar surface area (TPSA) is 92.9 Å². The van der Waals surface area contributed by atoms with E-state index in [1.54, 1.807) is 0 Å². The summed E-state index contributed by atoms with van der Waals surface area (Å²) in [6.07, 6.45) is 0. The number of carbonyl (C=O) groups excluding carboxylic acids is 1. The third-order valence-electron chi connectivity index (χ3n) is 2.61. The highest BCUT2D eigenvalue weighted by molar-refractivity contribution is 5.94. The highest BCUT2D eigenvalue weighted by Gasteiger charge is 2.20. The van der Waals surface area contributed by atoms with Crippen molar-refractivity contribution >= 4 is 11.6 Å². The van der Waals surface area contributed by atoms with Gasteiger partial charge in [-0.05, 0) is 12.1 Å². The van der Waals surface area contributed by atoms with Gasteiger partial charge >= 0.3 is 5.69 Å². The van der Waals surface area contributed by atoms with Crippen LogP contribution >= 0.6 is 0 Å². The molecular weight excluding hydrogens is 271 g/mol. The summed E-state index contributed by atoms with van der Waals surface area (Å²) in [6.45, 7) is 0.294. The molecule has 7 nitrogen and oxygen atoms in total. The van der Waals surface area contributed by atoms with Gasteiger partial charge in [0.25, 0.3) is 5.91 Å². The largest absolute Gasteiger partial charge is 0.395 e. The van der Waals surface area contributed by atoms with Gasteiger partial charge in [0.1, 0.15) is 0 Å². The molecule has 0 fully saturated rings. The predicted octanol–water partition coefficient (Wildman–Crippen LogP) is 0.815. The number of aliphatic hydroxyl groups excluding tert-OH is 1. The van der Waals surface area contributed by atoms with Gasteiger partial charge < -0.3 is 14.7 Å². The Kier molecular flexibility index (Phi) is 6.01. The van der Waals surface area contributed by atoms with Crippen molar-refractivity contribution in [2.75, 3.05) is 33.4 Å². The van der Waals surface area contributed by atoms with E-state index in [2.05, 4.69) is 0 Å². The Hall–Kier alpha value is -2.06. The van der Waals surface area contributed by atoms with E-state index in [0.717, 1.165) is 12.1 Å². The first-order valence-corrected chi connectivity index (χ1v) is 5.84. The summed E-state index contributed by atoms with van der Waals surface area (Å²) in [5.41, 5.74) is -0.769. The number of aliphatic hydroxyl groups is 1. The summed E-state index contributed by atoms with van der Waals surface area (Å²) in [6, 6.07) is 2.93. The van der Waals surface area contributed by atoms with Gasteiger partial charge in [0.15, 0.2) is 0 Å². The Morgan fingerprint density at radius 1 is 1.50 bits per heavy atom. The van der Waals surface area contributed by atoms with Crippen LogP contribution in [0.1, 0.15) is 10.4 Å². The van der Waals surface area contributed by atoms with E-state index in [1.807, 2.05) is 0 Å². The first-order chi connectivity index (χ1) is 9.51. The lowest BCUT2D eigenvalue weighted by Gasteiger charge is -2.21. The van der Waals surface area contributed by atoms with Crippen LogP contribution in [0.4, 0.5) is 10.1 Å². The van der Waals surface area contributed by atoms with Crippen molar-refractivity contribution in [3.8, 4) is 0 Å². The summed E-state index contributed by atoms with van der Waals surface area (Å²) >= 11 is 0. The molecule has 0 aliphatic rings. The van der Waals surface area contributed by atoms with Gasteiger partial charge in [-0.2, -0.15) is 4.39 Å². The molecule has 0 aliphatic carbocycles. The molecule has 0 radical (unpaired) electrons. The first kappa shape index (κ1) is 16.0. The number of nitro benzene ring substituents is 1. The highest BCUT2D eigenvalue weighted by atomic mass is 19.1. The van der Waals surface area contributed by atoms with Gasteiger partial charge in [-0.1, -0.05) is 0 Å². The van der Waals surface area contributed by atoms with Gasteiger partial charge in [-0.15, -0.1) is 0 Å². The molecule has 1 rings (SSSR count). The second-order valence-corrected chi connectivity index (χ2v) is 3.93. The number of hydrogen-bond acceptors (Lipinski definition) is 5. The van der Waals surface area contributed by atoms with Crippen molar-refractivity contribution in [2.45, 2.75) is 0 Å². The summed E-state index contributed by atoms with van der Waals surface area (Å²) in [4.78, 5) is 23.2. The number of methoxy groups -OCH3 is 1. The summed E-state index contributed by atoms with van der Waals surface area (Å²) < 4.78 is 18.1. The molecular formula is C12H15FN2O5. The van der Waals surface area contributed by atoms with Crippen LogP contribution in [0.15, 0.2) is 18.2 Å². The van der Waals surface area contributed by atoms with E-state index in [4.69, 9.17) is 9.84 Å². The monoisotopic (exact) mass is 286 g/mol. The number of rotatable bonds is 7. The van der Waals surface area contributed by atoms with Crippen molar-refractivity contribution in [2.24, 2.45) is 0 Å². The average Bonchev–Trinajstić information content (AvgIpc) is 2.43. The Morgan fingerprint density at radius 3 is 2.75 bits per heavy atom. The van der Waals surface area contributed by atoms with E-state index in [1.165, 1.54) is 18.1 Å². The molecule has 0 aromatic heterocycles. The molecule has 1 amide bonds.